The summed E-state index contributed by atoms with van der Waals surface area (Å²) in [6.07, 6.45) is 6.69. The molecule has 1 heterocycles. The van der Waals surface area contributed by atoms with Crippen molar-refractivity contribution < 1.29 is 4.74 Å². The maximum absolute atomic E-state index is 9.12. The fourth-order valence-electron chi connectivity index (χ4n) is 2.36. The summed E-state index contributed by atoms with van der Waals surface area (Å²) in [5.41, 5.74) is 1.51. The molecule has 17 heavy (non-hydrogen) atoms. The largest absolute Gasteiger partial charge is 0.473 e. The zero-order chi connectivity index (χ0) is 12.3. The summed E-state index contributed by atoms with van der Waals surface area (Å²) in [5.74, 6) is 1.06. The van der Waals surface area contributed by atoms with Crippen LogP contribution in [0.2, 0.25) is 0 Å². The molecule has 0 bridgehead atoms. The topological polar surface area (TPSA) is 45.9 Å². The lowest BCUT2D eigenvalue weighted by molar-refractivity contribution is 0.0972. The molecule has 1 aliphatic rings. The van der Waals surface area contributed by atoms with E-state index in [9.17, 15) is 0 Å². The van der Waals surface area contributed by atoms with E-state index in [1.165, 1.54) is 19.3 Å². The van der Waals surface area contributed by atoms with Crippen LogP contribution in [-0.4, -0.2) is 11.1 Å². The van der Waals surface area contributed by atoms with Gasteiger partial charge in [0.1, 0.15) is 17.7 Å². The number of rotatable bonds is 2. The quantitative estimate of drug-likeness (QED) is 0.783. The maximum atomic E-state index is 9.12. The first-order chi connectivity index (χ1) is 8.22. The number of aromatic nitrogens is 1. The number of ether oxygens (including phenoxy) is 1. The van der Waals surface area contributed by atoms with Crippen molar-refractivity contribution in [2.45, 2.75) is 45.6 Å². The number of pyridine rings is 1. The van der Waals surface area contributed by atoms with E-state index in [0.717, 1.165) is 12.0 Å². The summed E-state index contributed by atoms with van der Waals surface area (Å²) in [6, 6.07) is 4.02. The Morgan fingerprint density at radius 2 is 2.18 bits per heavy atom. The van der Waals surface area contributed by atoms with E-state index in [1.54, 1.807) is 6.20 Å². The second kappa shape index (κ2) is 5.18. The summed E-state index contributed by atoms with van der Waals surface area (Å²) < 4.78 is 5.94. The second-order valence-corrected chi connectivity index (χ2v) is 4.84. The third-order valence-corrected chi connectivity index (χ3v) is 3.53. The van der Waals surface area contributed by atoms with Crippen molar-refractivity contribution in [2.24, 2.45) is 5.92 Å². The van der Waals surface area contributed by atoms with Crippen LogP contribution in [0, 0.1) is 24.2 Å². The van der Waals surface area contributed by atoms with E-state index in [4.69, 9.17) is 10.00 Å². The Kier molecular flexibility index (Phi) is 3.63. The Bertz CT molecular complexity index is 436. The fraction of sp³-hybridized carbons (Fsp3) is 0.571. The summed E-state index contributed by atoms with van der Waals surface area (Å²) in [6.45, 7) is 4.13. The van der Waals surface area contributed by atoms with Gasteiger partial charge in [-0.1, -0.05) is 13.3 Å². The van der Waals surface area contributed by atoms with Gasteiger partial charge < -0.3 is 4.74 Å². The van der Waals surface area contributed by atoms with Crippen LogP contribution in [0.4, 0.5) is 0 Å². The van der Waals surface area contributed by atoms with Crippen molar-refractivity contribution in [3.63, 3.8) is 0 Å². The van der Waals surface area contributed by atoms with Gasteiger partial charge in [-0.3, -0.25) is 0 Å². The minimum atomic E-state index is 0.213. The molecule has 2 unspecified atom stereocenters. The minimum absolute atomic E-state index is 0.213. The molecule has 0 spiro atoms. The van der Waals surface area contributed by atoms with Crippen molar-refractivity contribution >= 4 is 0 Å². The third kappa shape index (κ3) is 2.58. The molecular weight excluding hydrogens is 212 g/mol. The third-order valence-electron chi connectivity index (χ3n) is 3.53. The van der Waals surface area contributed by atoms with Gasteiger partial charge in [0.2, 0.25) is 5.88 Å². The average Bonchev–Trinajstić information content (AvgIpc) is 2.32. The van der Waals surface area contributed by atoms with E-state index in [1.807, 2.05) is 13.0 Å². The second-order valence-electron chi connectivity index (χ2n) is 4.84. The first kappa shape index (κ1) is 11.9. The first-order valence-electron chi connectivity index (χ1n) is 6.24. The van der Waals surface area contributed by atoms with Crippen molar-refractivity contribution in [1.82, 2.24) is 4.98 Å². The molecule has 3 heteroatoms. The smallest absolute Gasteiger partial charge is 0.232 e. The van der Waals surface area contributed by atoms with Crippen LogP contribution < -0.4 is 4.74 Å². The van der Waals surface area contributed by atoms with Crippen molar-refractivity contribution in [1.29, 1.82) is 5.26 Å². The van der Waals surface area contributed by atoms with E-state index in [0.29, 0.717) is 17.4 Å². The lowest BCUT2D eigenvalue weighted by Crippen LogP contribution is -2.29. The molecule has 2 rings (SSSR count). The Morgan fingerprint density at radius 3 is 2.88 bits per heavy atom. The van der Waals surface area contributed by atoms with E-state index in [2.05, 4.69) is 18.0 Å². The lowest BCUT2D eigenvalue weighted by atomic mass is 9.88. The van der Waals surface area contributed by atoms with Crippen LogP contribution >= 0.6 is 0 Å². The summed E-state index contributed by atoms with van der Waals surface area (Å²) in [5, 5.41) is 9.12. The van der Waals surface area contributed by atoms with Gasteiger partial charge >= 0.3 is 0 Å². The monoisotopic (exact) mass is 230 g/mol. The van der Waals surface area contributed by atoms with E-state index < -0.39 is 0 Å². The Hall–Kier alpha value is -1.56. The average molecular weight is 230 g/mol. The highest BCUT2D eigenvalue weighted by molar-refractivity contribution is 5.43. The maximum Gasteiger partial charge on any atom is 0.232 e. The van der Waals surface area contributed by atoms with Gasteiger partial charge in [0.05, 0.1) is 0 Å². The lowest BCUT2D eigenvalue weighted by Gasteiger charge is -2.29. The number of nitriles is 1. The zero-order valence-electron chi connectivity index (χ0n) is 10.4. The number of nitrogens with zero attached hydrogens (tertiary/aromatic N) is 2. The molecule has 3 nitrogen and oxygen atoms in total. The highest BCUT2D eigenvalue weighted by Gasteiger charge is 2.24. The molecule has 1 saturated carbocycles. The molecule has 0 radical (unpaired) electrons. The molecule has 1 aliphatic carbocycles. The van der Waals surface area contributed by atoms with Crippen LogP contribution in [-0.2, 0) is 0 Å². The molecule has 0 saturated heterocycles. The molecule has 2 atom stereocenters. The normalized spacial score (nSPS) is 24.1. The van der Waals surface area contributed by atoms with Crippen molar-refractivity contribution in [3.8, 4) is 11.9 Å². The van der Waals surface area contributed by atoms with Crippen LogP contribution in [0.1, 0.15) is 43.7 Å². The van der Waals surface area contributed by atoms with Crippen molar-refractivity contribution in [3.05, 3.63) is 23.4 Å². The van der Waals surface area contributed by atoms with Gasteiger partial charge in [-0.05, 0) is 43.7 Å². The van der Waals surface area contributed by atoms with Crippen molar-refractivity contribution in [2.75, 3.05) is 0 Å². The number of hydrogen-bond acceptors (Lipinski definition) is 3. The predicted molar refractivity (Wildman–Crippen MR) is 65.7 cm³/mol. The molecule has 0 aromatic carbocycles. The summed E-state index contributed by atoms with van der Waals surface area (Å²) in [4.78, 5) is 4.19. The summed E-state index contributed by atoms with van der Waals surface area (Å²) >= 11 is 0. The zero-order valence-corrected chi connectivity index (χ0v) is 10.4. The standard InChI is InChI=1S/C14H18N2O/c1-10-7-8-16-14(12(10)9-15)17-13-6-4-3-5-11(13)2/h7-8,11,13H,3-6H2,1-2H3. The highest BCUT2D eigenvalue weighted by atomic mass is 16.5. The molecule has 1 fully saturated rings. The van der Waals surface area contributed by atoms with Crippen LogP contribution in [0.25, 0.3) is 0 Å². The van der Waals surface area contributed by atoms with Gasteiger partial charge in [0.25, 0.3) is 0 Å². The molecule has 0 amide bonds. The van der Waals surface area contributed by atoms with Crippen LogP contribution in [0.5, 0.6) is 5.88 Å². The van der Waals surface area contributed by atoms with Crippen LogP contribution in [0.3, 0.4) is 0 Å². The molecule has 1 aromatic heterocycles. The molecular formula is C14H18N2O. The highest BCUT2D eigenvalue weighted by Crippen LogP contribution is 2.29. The Balaban J connectivity index is 2.18. The fourth-order valence-corrected chi connectivity index (χ4v) is 2.36. The number of aryl methyl sites for hydroxylation is 1. The molecule has 0 N–H and O–H groups in total. The van der Waals surface area contributed by atoms with E-state index >= 15 is 0 Å². The SMILES string of the molecule is Cc1ccnc(OC2CCCCC2C)c1C#N. The van der Waals surface area contributed by atoms with Crippen LogP contribution in [0.15, 0.2) is 12.3 Å². The van der Waals surface area contributed by atoms with Gasteiger partial charge in [-0.2, -0.15) is 5.26 Å². The minimum Gasteiger partial charge on any atom is -0.473 e. The molecule has 0 aliphatic heterocycles. The number of hydrogen-bond donors (Lipinski definition) is 0. The summed E-state index contributed by atoms with van der Waals surface area (Å²) in [7, 11) is 0. The van der Waals surface area contributed by atoms with Gasteiger partial charge in [-0.15, -0.1) is 0 Å². The first-order valence-corrected chi connectivity index (χ1v) is 6.24. The molecule has 1 aromatic rings. The van der Waals surface area contributed by atoms with Gasteiger partial charge in [0.15, 0.2) is 0 Å². The van der Waals surface area contributed by atoms with Gasteiger partial charge in [-0.25, -0.2) is 4.98 Å². The Labute approximate surface area is 102 Å². The van der Waals surface area contributed by atoms with E-state index in [-0.39, 0.29) is 6.10 Å². The molecule has 90 valence electrons. The Morgan fingerprint density at radius 1 is 1.41 bits per heavy atom. The van der Waals surface area contributed by atoms with Gasteiger partial charge in [0, 0.05) is 6.20 Å². The predicted octanol–water partition coefficient (Wildman–Crippen LogP) is 3.22.